The first-order chi connectivity index (χ1) is 16.4. The number of imidazole rings is 1. The highest BCUT2D eigenvalue weighted by Crippen LogP contribution is 2.30. The van der Waals surface area contributed by atoms with E-state index < -0.39 is 0 Å². The Morgan fingerprint density at radius 3 is 2.42 bits per heavy atom. The van der Waals surface area contributed by atoms with Crippen molar-refractivity contribution in [2.24, 2.45) is 0 Å². The van der Waals surface area contributed by atoms with Crippen molar-refractivity contribution in [3.8, 4) is 28.3 Å². The maximum Gasteiger partial charge on any atom is 0.165 e. The van der Waals surface area contributed by atoms with Crippen LogP contribution in [-0.4, -0.2) is 45.8 Å². The third kappa shape index (κ3) is 3.75. The molecule has 1 aliphatic rings. The number of pyridine rings is 2. The van der Waals surface area contributed by atoms with Crippen LogP contribution in [0.3, 0.4) is 0 Å². The molecule has 0 bridgehead atoms. The number of ether oxygens (including phenoxy) is 1. The van der Waals surface area contributed by atoms with E-state index in [4.69, 9.17) is 14.7 Å². The lowest BCUT2D eigenvalue weighted by Crippen LogP contribution is -2.36. The Morgan fingerprint density at radius 1 is 0.788 bits per heavy atom. The van der Waals surface area contributed by atoms with Gasteiger partial charge in [0.25, 0.3) is 0 Å². The molecule has 6 heteroatoms. The molecule has 2 aromatic carbocycles. The zero-order valence-corrected chi connectivity index (χ0v) is 18.1. The van der Waals surface area contributed by atoms with Gasteiger partial charge in [-0.05, 0) is 54.6 Å². The molecule has 6 rings (SSSR count). The molecule has 1 aliphatic heterocycles. The smallest absolute Gasteiger partial charge is 0.165 e. The lowest BCUT2D eigenvalue weighted by atomic mass is 10.1. The summed E-state index contributed by atoms with van der Waals surface area (Å²) in [5.74, 6) is 0.838. The number of aromatic nitrogens is 4. The first-order valence-electron chi connectivity index (χ1n) is 11.1. The summed E-state index contributed by atoms with van der Waals surface area (Å²) in [7, 11) is 0. The van der Waals surface area contributed by atoms with Gasteiger partial charge in [-0.3, -0.25) is 9.55 Å². The Labute approximate surface area is 192 Å². The standard InChI is InChI=1S/C27H22N5O/c1-2-6-22(7-3-1)32-26(20-11-13-28-14-12-20)30-25-10-9-24(29-27(25)32)21-5-4-8-23(19-21)31-15-17-33-18-16-31/h2-14,19H,15-18H2. The van der Waals surface area contributed by atoms with E-state index in [9.17, 15) is 0 Å². The molecular weight excluding hydrogens is 410 g/mol. The van der Waals surface area contributed by atoms with E-state index in [1.807, 2.05) is 42.5 Å². The van der Waals surface area contributed by atoms with Crippen LogP contribution in [0.1, 0.15) is 0 Å². The third-order valence-corrected chi connectivity index (χ3v) is 5.92. The zero-order valence-electron chi connectivity index (χ0n) is 18.1. The van der Waals surface area contributed by atoms with Gasteiger partial charge in [0.2, 0.25) is 0 Å². The fourth-order valence-corrected chi connectivity index (χ4v) is 4.27. The van der Waals surface area contributed by atoms with Crippen molar-refractivity contribution in [2.45, 2.75) is 0 Å². The quantitative estimate of drug-likeness (QED) is 0.409. The largest absolute Gasteiger partial charge is 0.378 e. The molecule has 4 heterocycles. The van der Waals surface area contributed by atoms with Crippen LogP contribution in [0.4, 0.5) is 5.69 Å². The summed E-state index contributed by atoms with van der Waals surface area (Å²) in [5, 5.41) is 0. The number of morpholine rings is 1. The van der Waals surface area contributed by atoms with Gasteiger partial charge in [0.05, 0.1) is 18.9 Å². The summed E-state index contributed by atoms with van der Waals surface area (Å²) in [6.45, 7) is 3.34. The predicted molar refractivity (Wildman–Crippen MR) is 129 cm³/mol. The molecule has 161 valence electrons. The summed E-state index contributed by atoms with van der Waals surface area (Å²) < 4.78 is 7.61. The molecule has 0 amide bonds. The number of anilines is 1. The second-order valence-electron chi connectivity index (χ2n) is 7.95. The van der Waals surface area contributed by atoms with Gasteiger partial charge in [0.1, 0.15) is 11.3 Å². The van der Waals surface area contributed by atoms with Crippen molar-refractivity contribution in [3.63, 3.8) is 0 Å². The first-order valence-corrected chi connectivity index (χ1v) is 11.1. The van der Waals surface area contributed by atoms with Crippen LogP contribution in [0.25, 0.3) is 39.5 Å². The van der Waals surface area contributed by atoms with Crippen LogP contribution >= 0.6 is 0 Å². The Kier molecular flexibility index (Phi) is 5.05. The van der Waals surface area contributed by atoms with E-state index in [0.717, 1.165) is 65.8 Å². The Morgan fingerprint density at radius 2 is 1.61 bits per heavy atom. The number of fused-ring (bicyclic) bond motifs is 1. The molecule has 0 aliphatic carbocycles. The SMILES string of the molecule is [c]1ccc(-n2c(-c3ccncc3)nc3ccc(-c4cccc(N5CCOCC5)c4)nc32)cc1. The van der Waals surface area contributed by atoms with Crippen LogP contribution in [-0.2, 0) is 4.74 Å². The van der Waals surface area contributed by atoms with E-state index in [0.29, 0.717) is 0 Å². The summed E-state index contributed by atoms with van der Waals surface area (Å²) in [4.78, 5) is 16.5. The van der Waals surface area contributed by atoms with Gasteiger partial charge < -0.3 is 9.64 Å². The average Bonchev–Trinajstić information content (AvgIpc) is 3.29. The van der Waals surface area contributed by atoms with Crippen molar-refractivity contribution in [1.29, 1.82) is 0 Å². The highest BCUT2D eigenvalue weighted by molar-refractivity contribution is 5.82. The summed E-state index contributed by atoms with van der Waals surface area (Å²) in [5.41, 5.74) is 6.86. The monoisotopic (exact) mass is 432 g/mol. The average molecular weight is 433 g/mol. The number of hydrogen-bond acceptors (Lipinski definition) is 5. The minimum Gasteiger partial charge on any atom is -0.378 e. The summed E-state index contributed by atoms with van der Waals surface area (Å²) in [6.07, 6.45) is 3.57. The van der Waals surface area contributed by atoms with Crippen molar-refractivity contribution >= 4 is 16.9 Å². The van der Waals surface area contributed by atoms with Crippen molar-refractivity contribution in [3.05, 3.63) is 91.3 Å². The van der Waals surface area contributed by atoms with Gasteiger partial charge in [0.15, 0.2) is 5.65 Å². The fourth-order valence-electron chi connectivity index (χ4n) is 4.27. The molecule has 0 spiro atoms. The van der Waals surface area contributed by atoms with E-state index >= 15 is 0 Å². The van der Waals surface area contributed by atoms with Gasteiger partial charge in [-0.2, -0.15) is 0 Å². The second-order valence-corrected chi connectivity index (χ2v) is 7.95. The maximum atomic E-state index is 5.51. The summed E-state index contributed by atoms with van der Waals surface area (Å²) >= 11 is 0. The Bertz CT molecular complexity index is 1390. The molecule has 1 fully saturated rings. The molecule has 0 atom stereocenters. The van der Waals surface area contributed by atoms with Crippen LogP contribution in [0.5, 0.6) is 0 Å². The van der Waals surface area contributed by atoms with E-state index in [-0.39, 0.29) is 0 Å². The number of hydrogen-bond donors (Lipinski definition) is 0. The molecule has 3 aromatic heterocycles. The van der Waals surface area contributed by atoms with Gasteiger partial charge in [-0.15, -0.1) is 0 Å². The predicted octanol–water partition coefficient (Wildman–Crippen LogP) is 4.79. The fraction of sp³-hybridized carbons (Fsp3) is 0.148. The highest BCUT2D eigenvalue weighted by atomic mass is 16.5. The Balaban J connectivity index is 1.50. The van der Waals surface area contributed by atoms with Crippen LogP contribution in [0.15, 0.2) is 85.2 Å². The third-order valence-electron chi connectivity index (χ3n) is 5.92. The second kappa shape index (κ2) is 8.48. The molecular formula is C27H22N5O. The molecule has 0 unspecified atom stereocenters. The number of nitrogens with zero attached hydrogens (tertiary/aromatic N) is 5. The number of rotatable bonds is 4. The van der Waals surface area contributed by atoms with Crippen LogP contribution in [0.2, 0.25) is 0 Å². The molecule has 1 saturated heterocycles. The highest BCUT2D eigenvalue weighted by Gasteiger charge is 2.17. The minimum atomic E-state index is 0.764. The van der Waals surface area contributed by atoms with Crippen LogP contribution < -0.4 is 4.90 Å². The molecule has 6 nitrogen and oxygen atoms in total. The van der Waals surface area contributed by atoms with E-state index in [1.54, 1.807) is 12.4 Å². The van der Waals surface area contributed by atoms with Gasteiger partial charge in [-0.1, -0.05) is 24.3 Å². The molecule has 0 N–H and O–H groups in total. The first kappa shape index (κ1) is 19.6. The maximum absolute atomic E-state index is 5.51. The van der Waals surface area contributed by atoms with Crippen molar-refractivity contribution < 1.29 is 4.74 Å². The van der Waals surface area contributed by atoms with E-state index in [2.05, 4.69) is 50.8 Å². The van der Waals surface area contributed by atoms with Crippen molar-refractivity contribution in [1.82, 2.24) is 19.5 Å². The van der Waals surface area contributed by atoms with Gasteiger partial charge >= 0.3 is 0 Å². The van der Waals surface area contributed by atoms with Crippen LogP contribution in [0, 0.1) is 6.07 Å². The topological polar surface area (TPSA) is 56.1 Å². The van der Waals surface area contributed by atoms with Gasteiger partial charge in [-0.25, -0.2) is 9.97 Å². The Hall–Kier alpha value is -4.03. The zero-order chi connectivity index (χ0) is 22.0. The normalized spacial score (nSPS) is 14.0. The minimum absolute atomic E-state index is 0.764. The van der Waals surface area contributed by atoms with E-state index in [1.165, 1.54) is 5.69 Å². The molecule has 33 heavy (non-hydrogen) atoms. The molecule has 0 saturated carbocycles. The molecule has 5 aromatic rings. The van der Waals surface area contributed by atoms with Crippen molar-refractivity contribution in [2.75, 3.05) is 31.2 Å². The summed E-state index contributed by atoms with van der Waals surface area (Å²) in [6, 6.07) is 27.6. The lowest BCUT2D eigenvalue weighted by Gasteiger charge is -2.29. The molecule has 1 radical (unpaired) electrons. The van der Waals surface area contributed by atoms with Gasteiger partial charge in [0, 0.05) is 48.0 Å². The lowest BCUT2D eigenvalue weighted by molar-refractivity contribution is 0.122. The number of benzene rings is 2.